The standard InChI is InChI=1S/C18H19ClF3N3O2/c1-11-7-8-24(10-15(11)27-2)17(26)14-9-23-25(16(14)18(20,21)22)13-5-3-12(19)4-6-13/h3-6,9,11,15H,7-8,10H2,1-2H3/t11-,15-/m1/s1. The van der Waals surface area contributed by atoms with Crippen LogP contribution in [0.2, 0.25) is 5.02 Å². The number of benzene rings is 1. The van der Waals surface area contributed by atoms with E-state index in [-0.39, 0.29) is 24.3 Å². The average Bonchev–Trinajstić information content (AvgIpc) is 3.07. The van der Waals surface area contributed by atoms with E-state index in [1.54, 1.807) is 0 Å². The van der Waals surface area contributed by atoms with E-state index in [4.69, 9.17) is 16.3 Å². The van der Waals surface area contributed by atoms with E-state index < -0.39 is 23.3 Å². The van der Waals surface area contributed by atoms with Crippen LogP contribution in [0.3, 0.4) is 0 Å². The number of ether oxygens (including phenoxy) is 1. The quantitative estimate of drug-likeness (QED) is 0.779. The van der Waals surface area contributed by atoms with Gasteiger partial charge in [0.2, 0.25) is 0 Å². The normalized spacial score (nSPS) is 20.7. The predicted molar refractivity (Wildman–Crippen MR) is 94.1 cm³/mol. The number of nitrogens with zero attached hydrogens (tertiary/aromatic N) is 3. The van der Waals surface area contributed by atoms with Gasteiger partial charge in [-0.3, -0.25) is 4.79 Å². The molecule has 3 rings (SSSR count). The number of piperidine rings is 1. The van der Waals surface area contributed by atoms with Crippen molar-refractivity contribution in [2.45, 2.75) is 25.6 Å². The molecule has 0 N–H and O–H groups in total. The van der Waals surface area contributed by atoms with E-state index in [0.717, 1.165) is 10.9 Å². The largest absolute Gasteiger partial charge is 0.434 e. The number of carbonyl (C=O) groups excluding carboxylic acids is 1. The van der Waals surface area contributed by atoms with Crippen molar-refractivity contribution in [1.82, 2.24) is 14.7 Å². The smallest absolute Gasteiger partial charge is 0.379 e. The first-order valence-electron chi connectivity index (χ1n) is 8.45. The van der Waals surface area contributed by atoms with Gasteiger partial charge in [-0.15, -0.1) is 0 Å². The molecule has 5 nitrogen and oxygen atoms in total. The fourth-order valence-electron chi connectivity index (χ4n) is 3.25. The molecule has 0 radical (unpaired) electrons. The van der Waals surface area contributed by atoms with Gasteiger partial charge in [-0.25, -0.2) is 4.68 Å². The third-order valence-corrected chi connectivity index (χ3v) is 5.07. The number of halogens is 4. The summed E-state index contributed by atoms with van der Waals surface area (Å²) >= 11 is 5.80. The van der Waals surface area contributed by atoms with Gasteiger partial charge < -0.3 is 9.64 Å². The molecule has 27 heavy (non-hydrogen) atoms. The Balaban J connectivity index is 1.98. The Morgan fingerprint density at radius 3 is 2.56 bits per heavy atom. The number of likely N-dealkylation sites (tertiary alicyclic amines) is 1. The molecule has 0 saturated carbocycles. The van der Waals surface area contributed by atoms with Crippen molar-refractivity contribution in [3.05, 3.63) is 46.7 Å². The number of aromatic nitrogens is 2. The minimum Gasteiger partial charge on any atom is -0.379 e. The summed E-state index contributed by atoms with van der Waals surface area (Å²) in [6, 6.07) is 5.77. The zero-order valence-corrected chi connectivity index (χ0v) is 15.6. The fourth-order valence-corrected chi connectivity index (χ4v) is 3.38. The number of hydrogen-bond acceptors (Lipinski definition) is 3. The molecule has 1 amide bonds. The molecule has 1 aliphatic heterocycles. The SMILES string of the molecule is CO[C@@H]1CN(C(=O)c2cnn(-c3ccc(Cl)cc3)c2C(F)(F)F)CC[C@H]1C. The fraction of sp³-hybridized carbons (Fsp3) is 0.444. The van der Waals surface area contributed by atoms with Crippen molar-refractivity contribution in [1.29, 1.82) is 0 Å². The molecule has 2 atom stereocenters. The lowest BCUT2D eigenvalue weighted by Gasteiger charge is -2.36. The highest BCUT2D eigenvalue weighted by Gasteiger charge is 2.42. The van der Waals surface area contributed by atoms with E-state index in [0.29, 0.717) is 18.0 Å². The Bertz CT molecular complexity index is 820. The number of methoxy groups -OCH3 is 1. The Morgan fingerprint density at radius 1 is 1.30 bits per heavy atom. The molecule has 1 aliphatic rings. The summed E-state index contributed by atoms with van der Waals surface area (Å²) < 4.78 is 47.4. The second-order valence-electron chi connectivity index (χ2n) is 6.58. The summed E-state index contributed by atoms with van der Waals surface area (Å²) in [6.07, 6.45) is -3.31. The van der Waals surface area contributed by atoms with E-state index in [9.17, 15) is 18.0 Å². The molecule has 1 fully saturated rings. The van der Waals surface area contributed by atoms with Gasteiger partial charge in [0.25, 0.3) is 5.91 Å². The van der Waals surface area contributed by atoms with Crippen molar-refractivity contribution in [2.24, 2.45) is 5.92 Å². The van der Waals surface area contributed by atoms with Crippen LogP contribution >= 0.6 is 11.6 Å². The Hall–Kier alpha value is -2.06. The maximum Gasteiger partial charge on any atom is 0.434 e. The van der Waals surface area contributed by atoms with Crippen LogP contribution < -0.4 is 0 Å². The van der Waals surface area contributed by atoms with Crippen molar-refractivity contribution in [3.63, 3.8) is 0 Å². The maximum atomic E-state index is 13.8. The molecule has 1 aromatic carbocycles. The van der Waals surface area contributed by atoms with Gasteiger partial charge in [0.05, 0.1) is 23.6 Å². The van der Waals surface area contributed by atoms with Crippen LogP contribution in [0.1, 0.15) is 29.4 Å². The first-order chi connectivity index (χ1) is 12.7. The molecule has 0 bridgehead atoms. The zero-order chi connectivity index (χ0) is 19.8. The Kier molecular flexibility index (Phi) is 5.48. The first-order valence-corrected chi connectivity index (χ1v) is 8.83. The number of amides is 1. The van der Waals surface area contributed by atoms with Crippen molar-refractivity contribution < 1.29 is 22.7 Å². The summed E-state index contributed by atoms with van der Waals surface area (Å²) in [5.41, 5.74) is -1.39. The summed E-state index contributed by atoms with van der Waals surface area (Å²) in [5, 5.41) is 4.22. The van der Waals surface area contributed by atoms with Crippen LogP contribution in [0.4, 0.5) is 13.2 Å². The van der Waals surface area contributed by atoms with Crippen LogP contribution in [-0.2, 0) is 10.9 Å². The van der Waals surface area contributed by atoms with Gasteiger partial charge >= 0.3 is 6.18 Å². The van der Waals surface area contributed by atoms with Gasteiger partial charge in [0, 0.05) is 25.2 Å². The summed E-state index contributed by atoms with van der Waals surface area (Å²) in [4.78, 5) is 14.2. The molecule has 0 aliphatic carbocycles. The van der Waals surface area contributed by atoms with E-state index >= 15 is 0 Å². The lowest BCUT2D eigenvalue weighted by Crippen LogP contribution is -2.47. The molecule has 0 spiro atoms. The van der Waals surface area contributed by atoms with Crippen molar-refractivity contribution in [3.8, 4) is 5.69 Å². The van der Waals surface area contributed by atoms with E-state index in [1.165, 1.54) is 36.3 Å². The highest BCUT2D eigenvalue weighted by atomic mass is 35.5. The molecule has 0 unspecified atom stereocenters. The monoisotopic (exact) mass is 401 g/mol. The van der Waals surface area contributed by atoms with Crippen LogP contribution in [0.15, 0.2) is 30.5 Å². The van der Waals surface area contributed by atoms with Gasteiger partial charge in [0.1, 0.15) is 0 Å². The minimum absolute atomic E-state index is 0.174. The van der Waals surface area contributed by atoms with Crippen molar-refractivity contribution in [2.75, 3.05) is 20.2 Å². The highest BCUT2D eigenvalue weighted by molar-refractivity contribution is 6.30. The zero-order valence-electron chi connectivity index (χ0n) is 14.8. The van der Waals surface area contributed by atoms with Gasteiger partial charge in [0.15, 0.2) is 5.69 Å². The third-order valence-electron chi connectivity index (χ3n) is 4.82. The molecule has 1 saturated heterocycles. The van der Waals surface area contributed by atoms with Crippen LogP contribution in [0.5, 0.6) is 0 Å². The topological polar surface area (TPSA) is 47.4 Å². The van der Waals surface area contributed by atoms with Crippen molar-refractivity contribution >= 4 is 17.5 Å². The Labute approximate surface area is 159 Å². The molecule has 2 aromatic rings. The molecular formula is C18H19ClF3N3O2. The lowest BCUT2D eigenvalue weighted by atomic mass is 9.95. The van der Waals surface area contributed by atoms with E-state index in [1.807, 2.05) is 6.92 Å². The van der Waals surface area contributed by atoms with Crippen LogP contribution in [0, 0.1) is 5.92 Å². The maximum absolute atomic E-state index is 13.8. The number of alkyl halides is 3. The number of carbonyl (C=O) groups is 1. The number of rotatable bonds is 3. The number of hydrogen-bond donors (Lipinski definition) is 0. The van der Waals surface area contributed by atoms with E-state index in [2.05, 4.69) is 5.10 Å². The average molecular weight is 402 g/mol. The van der Waals surface area contributed by atoms with Gasteiger partial charge in [-0.05, 0) is 36.6 Å². The molecule has 146 valence electrons. The second-order valence-corrected chi connectivity index (χ2v) is 7.02. The minimum atomic E-state index is -4.75. The third kappa shape index (κ3) is 3.96. The second kappa shape index (κ2) is 7.52. The Morgan fingerprint density at radius 2 is 1.96 bits per heavy atom. The lowest BCUT2D eigenvalue weighted by molar-refractivity contribution is -0.143. The first kappa shape index (κ1) is 19.7. The highest BCUT2D eigenvalue weighted by Crippen LogP contribution is 2.35. The summed E-state index contributed by atoms with van der Waals surface area (Å²) in [6.45, 7) is 2.62. The van der Waals surface area contributed by atoms with Crippen LogP contribution in [-0.4, -0.2) is 46.9 Å². The molecule has 2 heterocycles. The predicted octanol–water partition coefficient (Wildman–Crippen LogP) is 4.04. The summed E-state index contributed by atoms with van der Waals surface area (Å²) in [7, 11) is 1.54. The summed E-state index contributed by atoms with van der Waals surface area (Å²) in [5.74, 6) is -0.464. The molecular weight excluding hydrogens is 383 g/mol. The van der Waals surface area contributed by atoms with Gasteiger partial charge in [-0.1, -0.05) is 18.5 Å². The molecule has 1 aromatic heterocycles. The van der Waals surface area contributed by atoms with Gasteiger partial charge in [-0.2, -0.15) is 18.3 Å². The van der Waals surface area contributed by atoms with Crippen LogP contribution in [0.25, 0.3) is 5.69 Å². The molecule has 9 heteroatoms.